The quantitative estimate of drug-likeness (QED) is 0.536. The van der Waals surface area contributed by atoms with Crippen molar-refractivity contribution in [3.05, 3.63) is 24.3 Å². The zero-order valence-electron chi connectivity index (χ0n) is 12.6. The molecule has 0 atom stereocenters. The Balaban J connectivity index is 2.37. The molecule has 0 amide bonds. The first kappa shape index (κ1) is 16.3. The Kier molecular flexibility index (Phi) is 6.87. The molecular weight excluding hydrogens is 254 g/mol. The van der Waals surface area contributed by atoms with Gasteiger partial charge in [-0.05, 0) is 38.1 Å². The molecule has 0 heterocycles. The van der Waals surface area contributed by atoms with Crippen LogP contribution in [0.5, 0.6) is 11.5 Å². The lowest BCUT2D eigenvalue weighted by Gasteiger charge is -2.26. The first-order valence-corrected chi connectivity index (χ1v) is 6.86. The second kappa shape index (κ2) is 8.43. The van der Waals surface area contributed by atoms with Crippen molar-refractivity contribution in [3.63, 3.8) is 0 Å². The number of ether oxygens (including phenoxy) is 2. The van der Waals surface area contributed by atoms with Gasteiger partial charge in [-0.1, -0.05) is 0 Å². The molecule has 0 spiro atoms. The van der Waals surface area contributed by atoms with Crippen LogP contribution in [0, 0.1) is 5.41 Å². The van der Waals surface area contributed by atoms with Gasteiger partial charge in [0.2, 0.25) is 0 Å². The largest absolute Gasteiger partial charge is 0.497 e. The monoisotopic (exact) mass is 279 g/mol. The number of methoxy groups -OCH3 is 1. The SMILES string of the molecule is COc1ccc(OCCN(CCC(=N)N)C(C)C)cc1. The van der Waals surface area contributed by atoms with E-state index in [9.17, 15) is 0 Å². The molecule has 0 aliphatic heterocycles. The summed E-state index contributed by atoms with van der Waals surface area (Å²) in [6.45, 7) is 6.49. The van der Waals surface area contributed by atoms with E-state index in [2.05, 4.69) is 18.7 Å². The molecule has 0 aliphatic carbocycles. The molecule has 1 rings (SSSR count). The fourth-order valence-electron chi connectivity index (χ4n) is 1.84. The van der Waals surface area contributed by atoms with Crippen LogP contribution in [0.2, 0.25) is 0 Å². The molecule has 1 aromatic rings. The van der Waals surface area contributed by atoms with E-state index >= 15 is 0 Å². The van der Waals surface area contributed by atoms with Gasteiger partial charge in [-0.2, -0.15) is 0 Å². The van der Waals surface area contributed by atoms with Gasteiger partial charge in [0.05, 0.1) is 12.9 Å². The lowest BCUT2D eigenvalue weighted by atomic mass is 10.2. The normalized spacial score (nSPS) is 10.8. The highest BCUT2D eigenvalue weighted by Crippen LogP contribution is 2.16. The van der Waals surface area contributed by atoms with E-state index in [0.29, 0.717) is 19.1 Å². The molecule has 0 bridgehead atoms. The van der Waals surface area contributed by atoms with Crippen LogP contribution in [-0.4, -0.2) is 43.6 Å². The van der Waals surface area contributed by atoms with E-state index in [-0.39, 0.29) is 5.84 Å². The minimum absolute atomic E-state index is 0.228. The van der Waals surface area contributed by atoms with Crippen LogP contribution in [0.25, 0.3) is 0 Å². The molecule has 0 radical (unpaired) electrons. The molecule has 3 N–H and O–H groups in total. The Morgan fingerprint density at radius 2 is 1.80 bits per heavy atom. The molecule has 1 aromatic carbocycles. The van der Waals surface area contributed by atoms with Gasteiger partial charge in [0, 0.05) is 25.6 Å². The van der Waals surface area contributed by atoms with Gasteiger partial charge in [-0.25, -0.2) is 0 Å². The van der Waals surface area contributed by atoms with Gasteiger partial charge in [0.1, 0.15) is 18.1 Å². The predicted molar refractivity (Wildman–Crippen MR) is 81.7 cm³/mol. The minimum atomic E-state index is 0.228. The minimum Gasteiger partial charge on any atom is -0.497 e. The Morgan fingerprint density at radius 3 is 2.30 bits per heavy atom. The highest BCUT2D eigenvalue weighted by Gasteiger charge is 2.09. The maximum Gasteiger partial charge on any atom is 0.119 e. The van der Waals surface area contributed by atoms with Crippen molar-refractivity contribution in [1.29, 1.82) is 5.41 Å². The zero-order valence-corrected chi connectivity index (χ0v) is 12.6. The van der Waals surface area contributed by atoms with Crippen molar-refractivity contribution < 1.29 is 9.47 Å². The van der Waals surface area contributed by atoms with Gasteiger partial charge in [0.25, 0.3) is 0 Å². The van der Waals surface area contributed by atoms with Gasteiger partial charge in [-0.3, -0.25) is 10.3 Å². The maximum absolute atomic E-state index is 7.29. The lowest BCUT2D eigenvalue weighted by Crippen LogP contribution is -2.36. The van der Waals surface area contributed by atoms with Crippen LogP contribution in [0.3, 0.4) is 0 Å². The molecule has 0 aliphatic rings. The van der Waals surface area contributed by atoms with Crippen molar-refractivity contribution >= 4 is 5.84 Å². The summed E-state index contributed by atoms with van der Waals surface area (Å²) in [5.74, 6) is 1.88. The Labute approximate surface area is 121 Å². The molecule has 0 fully saturated rings. The number of nitrogens with zero attached hydrogens (tertiary/aromatic N) is 1. The zero-order chi connectivity index (χ0) is 15.0. The Morgan fingerprint density at radius 1 is 1.20 bits per heavy atom. The summed E-state index contributed by atoms with van der Waals surface area (Å²) in [7, 11) is 1.64. The molecule has 5 heteroatoms. The van der Waals surface area contributed by atoms with E-state index in [1.54, 1.807) is 7.11 Å². The highest BCUT2D eigenvalue weighted by atomic mass is 16.5. The maximum atomic E-state index is 7.29. The molecule has 0 saturated heterocycles. The third-order valence-electron chi connectivity index (χ3n) is 3.11. The number of nitrogens with one attached hydrogen (secondary N) is 1. The van der Waals surface area contributed by atoms with Crippen LogP contribution >= 0.6 is 0 Å². The number of benzene rings is 1. The predicted octanol–water partition coefficient (Wildman–Crippen LogP) is 2.11. The van der Waals surface area contributed by atoms with Crippen molar-refractivity contribution in [2.24, 2.45) is 5.73 Å². The summed E-state index contributed by atoms with van der Waals surface area (Å²) >= 11 is 0. The van der Waals surface area contributed by atoms with E-state index in [1.807, 2.05) is 24.3 Å². The highest BCUT2D eigenvalue weighted by molar-refractivity contribution is 5.76. The number of rotatable bonds is 9. The average Bonchev–Trinajstić information content (AvgIpc) is 2.42. The average molecular weight is 279 g/mol. The van der Waals surface area contributed by atoms with Crippen molar-refractivity contribution in [1.82, 2.24) is 4.90 Å². The first-order chi connectivity index (χ1) is 9.52. The van der Waals surface area contributed by atoms with E-state index in [1.165, 1.54) is 0 Å². The first-order valence-electron chi connectivity index (χ1n) is 6.86. The third-order valence-corrected chi connectivity index (χ3v) is 3.11. The van der Waals surface area contributed by atoms with Crippen LogP contribution in [0.15, 0.2) is 24.3 Å². The summed E-state index contributed by atoms with van der Waals surface area (Å²) < 4.78 is 10.8. The second-order valence-corrected chi connectivity index (χ2v) is 4.93. The summed E-state index contributed by atoms with van der Waals surface area (Å²) in [5, 5.41) is 7.29. The fraction of sp³-hybridized carbons (Fsp3) is 0.533. The van der Waals surface area contributed by atoms with Crippen LogP contribution in [0.4, 0.5) is 0 Å². The Hall–Kier alpha value is -1.75. The molecule has 0 saturated carbocycles. The van der Waals surface area contributed by atoms with Gasteiger partial charge >= 0.3 is 0 Å². The van der Waals surface area contributed by atoms with Crippen molar-refractivity contribution in [3.8, 4) is 11.5 Å². The summed E-state index contributed by atoms with van der Waals surface area (Å²) in [6.07, 6.45) is 0.598. The van der Waals surface area contributed by atoms with Crippen LogP contribution in [-0.2, 0) is 0 Å². The lowest BCUT2D eigenvalue weighted by molar-refractivity contribution is 0.179. The number of amidine groups is 1. The van der Waals surface area contributed by atoms with E-state index in [0.717, 1.165) is 24.6 Å². The summed E-state index contributed by atoms with van der Waals surface area (Å²) in [5.41, 5.74) is 5.40. The molecule has 0 aromatic heterocycles. The standard InChI is InChI=1S/C15H25N3O2/c1-12(2)18(9-8-15(16)17)10-11-20-14-6-4-13(19-3)5-7-14/h4-7,12H,8-11H2,1-3H3,(H3,16,17). The van der Waals surface area contributed by atoms with Gasteiger partial charge in [-0.15, -0.1) is 0 Å². The smallest absolute Gasteiger partial charge is 0.119 e. The number of hydrogen-bond donors (Lipinski definition) is 2. The molecule has 112 valence electrons. The fourth-order valence-corrected chi connectivity index (χ4v) is 1.84. The van der Waals surface area contributed by atoms with Gasteiger partial charge in [0.15, 0.2) is 0 Å². The Bertz CT molecular complexity index is 404. The third kappa shape index (κ3) is 5.93. The van der Waals surface area contributed by atoms with E-state index < -0.39 is 0 Å². The topological polar surface area (TPSA) is 71.6 Å². The number of hydrogen-bond acceptors (Lipinski definition) is 4. The van der Waals surface area contributed by atoms with Crippen LogP contribution in [0.1, 0.15) is 20.3 Å². The van der Waals surface area contributed by atoms with Crippen molar-refractivity contribution in [2.45, 2.75) is 26.3 Å². The van der Waals surface area contributed by atoms with Crippen molar-refractivity contribution in [2.75, 3.05) is 26.8 Å². The van der Waals surface area contributed by atoms with E-state index in [4.69, 9.17) is 20.6 Å². The summed E-state index contributed by atoms with van der Waals surface area (Å²) in [6, 6.07) is 7.97. The molecule has 0 unspecified atom stereocenters. The van der Waals surface area contributed by atoms with Crippen LogP contribution < -0.4 is 15.2 Å². The molecule has 20 heavy (non-hydrogen) atoms. The summed E-state index contributed by atoms with van der Waals surface area (Å²) in [4.78, 5) is 2.25. The van der Waals surface area contributed by atoms with Gasteiger partial charge < -0.3 is 15.2 Å². The molecule has 5 nitrogen and oxygen atoms in total. The number of nitrogens with two attached hydrogens (primary N) is 1. The molecular formula is C15H25N3O2. The second-order valence-electron chi connectivity index (χ2n) is 4.93.